The Labute approximate surface area is 127 Å². The molecule has 0 aliphatic heterocycles. The summed E-state index contributed by atoms with van der Waals surface area (Å²) < 4.78 is 1.53. The van der Waals surface area contributed by atoms with Gasteiger partial charge in [0.2, 0.25) is 0 Å². The fourth-order valence-electron chi connectivity index (χ4n) is 1.39. The topological polar surface area (TPSA) is 0 Å². The first-order chi connectivity index (χ1) is 5.84. The Morgan fingerprint density at radius 1 is 1.36 bits per heavy atom. The van der Waals surface area contributed by atoms with Crippen LogP contribution in [0.15, 0.2) is 17.0 Å². The Morgan fingerprint density at radius 2 is 1.86 bits per heavy atom. The predicted molar refractivity (Wildman–Crippen MR) is 57.6 cm³/mol. The van der Waals surface area contributed by atoms with Crippen molar-refractivity contribution in [2.24, 2.45) is 0 Å². The van der Waals surface area contributed by atoms with Crippen LogP contribution in [0.5, 0.6) is 0 Å². The van der Waals surface area contributed by atoms with E-state index in [-0.39, 0.29) is 31.3 Å². The van der Waals surface area contributed by atoms with Crippen LogP contribution >= 0.6 is 0 Å². The van der Waals surface area contributed by atoms with Crippen LogP contribution < -0.4 is 3.07 Å². The Kier molecular flexibility index (Phi) is 6.18. The molecule has 0 aliphatic rings. The predicted octanol–water partition coefficient (Wildman–Crippen LogP) is 1.65. The van der Waals surface area contributed by atoms with E-state index in [9.17, 15) is 0 Å². The van der Waals surface area contributed by atoms with Gasteiger partial charge < -0.3 is 0 Å². The normalized spacial score (nSPS) is 11.1. The van der Waals surface area contributed by atoms with Gasteiger partial charge in [-0.3, -0.25) is 0 Å². The molecule has 0 heterocycles. The van der Waals surface area contributed by atoms with Crippen molar-refractivity contribution in [3.8, 4) is 0 Å². The summed E-state index contributed by atoms with van der Waals surface area (Å²) in [6.07, 6.45) is 0. The molecule has 0 nitrogen and oxygen atoms in total. The Balaban J connectivity index is 0.00000169. The van der Waals surface area contributed by atoms with Gasteiger partial charge in [-0.15, -0.1) is 0 Å². The zero-order valence-corrected chi connectivity index (χ0v) is 19.2. The Morgan fingerprint density at radius 3 is 2.29 bits per heavy atom. The summed E-state index contributed by atoms with van der Waals surface area (Å²) in [4.78, 5) is 1.22. The van der Waals surface area contributed by atoms with Gasteiger partial charge in [0.15, 0.2) is 0 Å². The van der Waals surface area contributed by atoms with Crippen LogP contribution in [0.4, 0.5) is 0 Å². The van der Waals surface area contributed by atoms with Crippen molar-refractivity contribution >= 4 is 15.7 Å². The molecule has 0 radical (unpaired) electrons. The van der Waals surface area contributed by atoms with Crippen LogP contribution in [0, 0.1) is 13.8 Å². The minimum absolute atomic E-state index is 0. The summed E-state index contributed by atoms with van der Waals surface area (Å²) >= 11 is 4.27. The molecule has 0 bridgehead atoms. The van der Waals surface area contributed by atoms with Gasteiger partial charge in [-0.25, -0.2) is 0 Å². The van der Waals surface area contributed by atoms with Crippen LogP contribution in [0.25, 0.3) is 0 Å². The van der Waals surface area contributed by atoms with Crippen molar-refractivity contribution in [2.45, 2.75) is 31.1 Å². The Hall–Kier alpha value is 1.38. The third-order valence-corrected chi connectivity index (χ3v) is 6.41. The molecule has 0 saturated carbocycles. The summed E-state index contributed by atoms with van der Waals surface area (Å²) in [5.41, 5.74) is 2.85. The first-order valence-corrected chi connectivity index (χ1v) is 7.62. The monoisotopic (exact) mass is 561 g/mol. The molecule has 0 aliphatic carbocycles. The third kappa shape index (κ3) is 3.45. The summed E-state index contributed by atoms with van der Waals surface area (Å²) in [6.45, 7) is 10.7. The van der Waals surface area contributed by atoms with Crippen LogP contribution in [0.2, 0.25) is 0 Å². The first-order valence-electron chi connectivity index (χ1n) is 4.37. The molecule has 1 aromatic carbocycles. The molecule has 71 valence electrons. The number of hydrogen-bond acceptors (Lipinski definition) is 0. The molecule has 0 unspecified atom stereocenters. The van der Waals surface area contributed by atoms with Crippen molar-refractivity contribution in [3.63, 3.8) is 0 Å². The minimum Gasteiger partial charge on any atom is 0 e. The molecule has 0 spiro atoms. The van der Waals surface area contributed by atoms with Crippen molar-refractivity contribution in [1.82, 2.24) is 0 Å². The van der Waals surface area contributed by atoms with E-state index in [2.05, 4.69) is 52.5 Å². The van der Waals surface area contributed by atoms with Gasteiger partial charge in [0.25, 0.3) is 0 Å². The van der Waals surface area contributed by atoms with Gasteiger partial charge in [-0.05, 0) is 0 Å². The van der Waals surface area contributed by atoms with Crippen LogP contribution in [0.1, 0.15) is 25.0 Å². The summed E-state index contributed by atoms with van der Waals surface area (Å²) in [5, 5.41) is 0. The molecule has 0 atom stereocenters. The SMILES string of the molecule is [CH2-]C(C)(C)c1ccc([SH2+])c(C)[c]1[Hg].[Hf]. The summed E-state index contributed by atoms with van der Waals surface area (Å²) in [6, 6.07) is 4.33. The molecule has 0 fully saturated rings. The van der Waals surface area contributed by atoms with Gasteiger partial charge >= 0.3 is 103 Å². The largest absolute Gasteiger partial charge is 0 e. The van der Waals surface area contributed by atoms with E-state index >= 15 is 0 Å². The summed E-state index contributed by atoms with van der Waals surface area (Å²) in [5.74, 6) is 0. The van der Waals surface area contributed by atoms with E-state index in [0.29, 0.717) is 26.1 Å². The van der Waals surface area contributed by atoms with Gasteiger partial charge in [-0.2, -0.15) is 0 Å². The molecular formula is C11H15HfHgS. The van der Waals surface area contributed by atoms with Gasteiger partial charge in [0.05, 0.1) is 0 Å². The maximum atomic E-state index is 4.19. The summed E-state index contributed by atoms with van der Waals surface area (Å²) in [7, 11) is 0. The van der Waals surface area contributed by atoms with Gasteiger partial charge in [0.1, 0.15) is 0 Å². The number of benzene rings is 1. The minimum atomic E-state index is 0. The molecule has 1 aromatic rings. The second-order valence-electron chi connectivity index (χ2n) is 4.15. The average molecular weight is 558 g/mol. The maximum absolute atomic E-state index is 4.19. The molecule has 0 N–H and O–H groups in total. The average Bonchev–Trinajstić information content (AvgIpc) is 1.98. The molecule has 0 aromatic heterocycles. The molecule has 3 heteroatoms. The molecular weight excluding hydrogens is 543 g/mol. The Bertz CT molecular complexity index is 329. The van der Waals surface area contributed by atoms with E-state index in [4.69, 9.17) is 0 Å². The second-order valence-corrected chi connectivity index (χ2v) is 7.44. The maximum Gasteiger partial charge on any atom is 0 e. The van der Waals surface area contributed by atoms with Crippen molar-refractivity contribution in [1.29, 1.82) is 0 Å². The van der Waals surface area contributed by atoms with Crippen LogP contribution in [-0.2, 0) is 70.0 Å². The van der Waals surface area contributed by atoms with Crippen molar-refractivity contribution in [3.05, 3.63) is 30.2 Å². The fourth-order valence-corrected chi connectivity index (χ4v) is 5.37. The second kappa shape index (κ2) is 5.63. The molecule has 14 heavy (non-hydrogen) atoms. The van der Waals surface area contributed by atoms with Crippen LogP contribution in [-0.4, -0.2) is 0 Å². The van der Waals surface area contributed by atoms with Crippen LogP contribution in [0.3, 0.4) is 0 Å². The third-order valence-electron chi connectivity index (χ3n) is 2.33. The van der Waals surface area contributed by atoms with Gasteiger partial charge in [-0.1, -0.05) is 0 Å². The van der Waals surface area contributed by atoms with E-state index < -0.39 is 0 Å². The van der Waals surface area contributed by atoms with E-state index in [1.807, 2.05) is 0 Å². The van der Waals surface area contributed by atoms with E-state index in [0.717, 1.165) is 0 Å². The molecule has 0 amide bonds. The molecule has 0 saturated heterocycles. The van der Waals surface area contributed by atoms with E-state index in [1.54, 1.807) is 0 Å². The van der Waals surface area contributed by atoms with Gasteiger partial charge in [0, 0.05) is 25.8 Å². The molecule has 1 rings (SSSR count). The fraction of sp³-hybridized carbons (Fsp3) is 0.364. The number of rotatable bonds is 1. The zero-order chi connectivity index (χ0) is 10.2. The first kappa shape index (κ1) is 15.4. The zero-order valence-electron chi connectivity index (χ0n) is 9.07. The number of hydrogen-bond donors (Lipinski definition) is 0. The van der Waals surface area contributed by atoms with E-state index in [1.165, 1.54) is 19.1 Å². The quantitative estimate of drug-likeness (QED) is 0.280. The smallest absolute Gasteiger partial charge is 0 e. The standard InChI is InChI=1S/C11H14S.Hf.Hg/c1-8-7-9(11(2,3)4)5-6-10(8)12;;/h5-6,12H,2H2,1,3-4H3;;/q-1;;/p+1. The van der Waals surface area contributed by atoms with Crippen molar-refractivity contribution < 1.29 is 52.0 Å². The van der Waals surface area contributed by atoms with Crippen molar-refractivity contribution in [2.75, 3.05) is 0 Å².